The van der Waals surface area contributed by atoms with Crippen LogP contribution in [0.2, 0.25) is 0 Å². The summed E-state index contributed by atoms with van der Waals surface area (Å²) in [6.07, 6.45) is -2.51. The molecule has 0 spiro atoms. The summed E-state index contributed by atoms with van der Waals surface area (Å²) in [7, 11) is 1.53. The van der Waals surface area contributed by atoms with Gasteiger partial charge in [-0.2, -0.15) is 8.78 Å². The van der Waals surface area contributed by atoms with Crippen LogP contribution in [0.15, 0.2) is 0 Å². The van der Waals surface area contributed by atoms with Gasteiger partial charge in [-0.15, -0.1) is 0 Å². The predicted molar refractivity (Wildman–Crippen MR) is 42.2 cm³/mol. The van der Waals surface area contributed by atoms with Crippen LogP contribution in [-0.4, -0.2) is 26.4 Å². The number of rotatable bonds is 6. The number of hydrogen-bond donors (Lipinski definition) is 0. The Hall–Kier alpha value is -0.220. The average molecular weight is 182 g/mol. The zero-order valence-corrected chi connectivity index (χ0v) is 7.77. The van der Waals surface area contributed by atoms with Gasteiger partial charge in [-0.3, -0.25) is 0 Å². The molecule has 0 unspecified atom stereocenters. The van der Waals surface area contributed by atoms with Gasteiger partial charge in [0, 0.05) is 19.6 Å². The lowest BCUT2D eigenvalue weighted by atomic mass is 10.2. The van der Waals surface area contributed by atoms with Crippen LogP contribution >= 0.6 is 0 Å². The van der Waals surface area contributed by atoms with Gasteiger partial charge in [0.15, 0.2) is 0 Å². The quantitative estimate of drug-likeness (QED) is 0.587. The van der Waals surface area contributed by atoms with E-state index in [-0.39, 0.29) is 6.61 Å². The molecular formula is C8H16F2O2. The highest BCUT2D eigenvalue weighted by molar-refractivity contribution is 4.57. The van der Waals surface area contributed by atoms with E-state index in [4.69, 9.17) is 4.74 Å². The fraction of sp³-hybridized carbons (Fsp3) is 1.00. The van der Waals surface area contributed by atoms with Crippen molar-refractivity contribution in [1.29, 1.82) is 0 Å². The van der Waals surface area contributed by atoms with Gasteiger partial charge in [0.2, 0.25) is 0 Å². The molecule has 0 N–H and O–H groups in total. The van der Waals surface area contributed by atoms with Gasteiger partial charge in [-0.05, 0) is 6.42 Å². The second-order valence-corrected chi connectivity index (χ2v) is 2.91. The Morgan fingerprint density at radius 1 is 1.25 bits per heavy atom. The molecule has 0 rings (SSSR count). The summed E-state index contributed by atoms with van der Waals surface area (Å²) in [4.78, 5) is 0. The molecule has 0 atom stereocenters. The molecule has 0 radical (unpaired) electrons. The molecule has 0 aliphatic heterocycles. The molecule has 0 saturated carbocycles. The fourth-order valence-electron chi connectivity index (χ4n) is 0.578. The molecule has 0 heterocycles. The maximum atomic E-state index is 12.7. The van der Waals surface area contributed by atoms with E-state index in [0.29, 0.717) is 13.0 Å². The van der Waals surface area contributed by atoms with Gasteiger partial charge in [-0.1, -0.05) is 13.8 Å². The number of alkyl halides is 2. The minimum absolute atomic E-state index is 0.0407. The Morgan fingerprint density at radius 3 is 2.25 bits per heavy atom. The summed E-state index contributed by atoms with van der Waals surface area (Å²) in [5.41, 5.74) is 0. The highest BCUT2D eigenvalue weighted by Gasteiger charge is 2.33. The Kier molecular flexibility index (Phi) is 5.33. The van der Waals surface area contributed by atoms with E-state index < -0.39 is 12.0 Å². The molecule has 0 aliphatic rings. The molecule has 0 aromatic heterocycles. The third-order valence-corrected chi connectivity index (χ3v) is 1.46. The van der Waals surface area contributed by atoms with E-state index >= 15 is 0 Å². The van der Waals surface area contributed by atoms with E-state index in [1.807, 2.05) is 0 Å². The van der Waals surface area contributed by atoms with E-state index in [1.165, 1.54) is 21.0 Å². The third-order valence-electron chi connectivity index (χ3n) is 1.46. The first kappa shape index (κ1) is 11.8. The molecule has 74 valence electrons. The summed E-state index contributed by atoms with van der Waals surface area (Å²) >= 11 is 0. The van der Waals surface area contributed by atoms with E-state index in [9.17, 15) is 8.78 Å². The van der Waals surface area contributed by atoms with Crippen LogP contribution in [0, 0.1) is 5.92 Å². The van der Waals surface area contributed by atoms with Crippen molar-refractivity contribution in [3.8, 4) is 0 Å². The maximum Gasteiger partial charge on any atom is 0.357 e. The van der Waals surface area contributed by atoms with Gasteiger partial charge in [-0.25, -0.2) is 0 Å². The molecule has 0 aromatic rings. The van der Waals surface area contributed by atoms with E-state index in [2.05, 4.69) is 4.74 Å². The minimum atomic E-state index is -3.01. The Bertz CT molecular complexity index is 116. The molecular weight excluding hydrogens is 166 g/mol. The van der Waals surface area contributed by atoms with E-state index in [1.54, 1.807) is 0 Å². The SMILES string of the molecule is COCCCOC(F)(F)C(C)C. The molecule has 0 saturated heterocycles. The topological polar surface area (TPSA) is 18.5 Å². The van der Waals surface area contributed by atoms with Crippen LogP contribution in [-0.2, 0) is 9.47 Å². The number of halogens is 2. The van der Waals surface area contributed by atoms with Crippen molar-refractivity contribution >= 4 is 0 Å². The monoisotopic (exact) mass is 182 g/mol. The minimum Gasteiger partial charge on any atom is -0.385 e. The first-order chi connectivity index (χ1) is 5.50. The van der Waals surface area contributed by atoms with Gasteiger partial charge in [0.05, 0.1) is 6.61 Å². The summed E-state index contributed by atoms with van der Waals surface area (Å²) in [6.45, 7) is 3.35. The lowest BCUT2D eigenvalue weighted by Gasteiger charge is -2.20. The fourth-order valence-corrected chi connectivity index (χ4v) is 0.578. The van der Waals surface area contributed by atoms with Gasteiger partial charge >= 0.3 is 6.11 Å². The summed E-state index contributed by atoms with van der Waals surface area (Å²) in [5.74, 6) is -0.778. The van der Waals surface area contributed by atoms with Crippen molar-refractivity contribution in [3.05, 3.63) is 0 Å². The lowest BCUT2D eigenvalue weighted by molar-refractivity contribution is -0.265. The largest absolute Gasteiger partial charge is 0.385 e. The molecule has 4 heteroatoms. The van der Waals surface area contributed by atoms with Crippen molar-refractivity contribution in [3.63, 3.8) is 0 Å². The predicted octanol–water partition coefficient (Wildman–Crippen LogP) is 2.29. The standard InChI is InChI=1S/C8H16F2O2/c1-7(2)8(9,10)12-6-4-5-11-3/h7H,4-6H2,1-3H3. The van der Waals surface area contributed by atoms with Crippen molar-refractivity contribution in [1.82, 2.24) is 0 Å². The molecule has 12 heavy (non-hydrogen) atoms. The molecule has 2 nitrogen and oxygen atoms in total. The zero-order chi connectivity index (χ0) is 9.61. The number of hydrogen-bond acceptors (Lipinski definition) is 2. The van der Waals surface area contributed by atoms with Crippen LogP contribution < -0.4 is 0 Å². The maximum absolute atomic E-state index is 12.7. The van der Waals surface area contributed by atoms with Crippen LogP contribution in [0.1, 0.15) is 20.3 Å². The Labute approximate surface area is 71.9 Å². The Balaban J connectivity index is 3.47. The average Bonchev–Trinajstić information content (AvgIpc) is 1.98. The van der Waals surface area contributed by atoms with Crippen LogP contribution in [0.5, 0.6) is 0 Å². The van der Waals surface area contributed by atoms with Crippen molar-refractivity contribution < 1.29 is 18.3 Å². The highest BCUT2D eigenvalue weighted by Crippen LogP contribution is 2.25. The van der Waals surface area contributed by atoms with Gasteiger partial charge < -0.3 is 9.47 Å². The van der Waals surface area contributed by atoms with Crippen LogP contribution in [0.25, 0.3) is 0 Å². The van der Waals surface area contributed by atoms with Gasteiger partial charge in [0.1, 0.15) is 0 Å². The van der Waals surface area contributed by atoms with Crippen molar-refractivity contribution in [2.24, 2.45) is 5.92 Å². The first-order valence-electron chi connectivity index (χ1n) is 4.01. The highest BCUT2D eigenvalue weighted by atomic mass is 19.3. The Morgan fingerprint density at radius 2 is 1.83 bits per heavy atom. The molecule has 0 amide bonds. The molecule has 0 aliphatic carbocycles. The first-order valence-corrected chi connectivity index (χ1v) is 4.01. The second-order valence-electron chi connectivity index (χ2n) is 2.91. The van der Waals surface area contributed by atoms with E-state index in [0.717, 1.165) is 0 Å². The molecule has 0 aromatic carbocycles. The zero-order valence-electron chi connectivity index (χ0n) is 7.77. The second kappa shape index (κ2) is 5.43. The van der Waals surface area contributed by atoms with Crippen LogP contribution in [0.4, 0.5) is 8.78 Å². The smallest absolute Gasteiger partial charge is 0.357 e. The summed E-state index contributed by atoms with van der Waals surface area (Å²) < 4.78 is 34.5. The van der Waals surface area contributed by atoms with Crippen LogP contribution in [0.3, 0.4) is 0 Å². The third kappa shape index (κ3) is 4.62. The van der Waals surface area contributed by atoms with Gasteiger partial charge in [0.25, 0.3) is 0 Å². The van der Waals surface area contributed by atoms with Crippen molar-refractivity contribution in [2.75, 3.05) is 20.3 Å². The van der Waals surface area contributed by atoms with Crippen molar-refractivity contribution in [2.45, 2.75) is 26.4 Å². The number of ether oxygens (including phenoxy) is 2. The summed E-state index contributed by atoms with van der Waals surface area (Å²) in [5, 5.41) is 0. The summed E-state index contributed by atoms with van der Waals surface area (Å²) in [6, 6.07) is 0. The lowest BCUT2D eigenvalue weighted by Crippen LogP contribution is -2.28. The molecule has 0 bridgehead atoms. The normalized spacial score (nSPS) is 12.5. The molecule has 0 fully saturated rings. The number of methoxy groups -OCH3 is 1.